The number of carbonyl (C=O) groups excluding carboxylic acids is 1. The van der Waals surface area contributed by atoms with E-state index in [9.17, 15) is 4.79 Å². The normalized spacial score (nSPS) is 32.0. The van der Waals surface area contributed by atoms with Crippen LogP contribution in [0.5, 0.6) is 0 Å². The van der Waals surface area contributed by atoms with E-state index in [1.54, 1.807) is 0 Å². The smallest absolute Gasteiger partial charge is 0.220 e. The van der Waals surface area contributed by atoms with Gasteiger partial charge in [0.05, 0.1) is 0 Å². The van der Waals surface area contributed by atoms with Crippen molar-refractivity contribution in [1.82, 2.24) is 5.32 Å². The van der Waals surface area contributed by atoms with Gasteiger partial charge >= 0.3 is 0 Å². The molecule has 0 radical (unpaired) electrons. The molecule has 1 heterocycles. The highest BCUT2D eigenvalue weighted by atomic mass is 16.1. The maximum Gasteiger partial charge on any atom is 0.220 e. The largest absolute Gasteiger partial charge is 0.353 e. The van der Waals surface area contributed by atoms with Gasteiger partial charge < -0.3 is 5.32 Å². The lowest BCUT2D eigenvalue weighted by atomic mass is 9.91. The Labute approximate surface area is 73.7 Å². The molecular weight excluding hydrogens is 150 g/mol. The van der Waals surface area contributed by atoms with Gasteiger partial charge in [0.2, 0.25) is 5.91 Å². The molecule has 1 saturated carbocycles. The zero-order valence-corrected chi connectivity index (χ0v) is 7.51. The van der Waals surface area contributed by atoms with E-state index in [4.69, 9.17) is 0 Å². The summed E-state index contributed by atoms with van der Waals surface area (Å²) < 4.78 is 0. The Morgan fingerprint density at radius 1 is 1.08 bits per heavy atom. The van der Waals surface area contributed by atoms with Gasteiger partial charge in [-0.3, -0.25) is 4.79 Å². The van der Waals surface area contributed by atoms with Crippen molar-refractivity contribution in [2.75, 3.05) is 0 Å². The molecule has 1 saturated heterocycles. The van der Waals surface area contributed by atoms with Crippen LogP contribution in [0.3, 0.4) is 0 Å². The molecule has 12 heavy (non-hydrogen) atoms. The first-order valence-corrected chi connectivity index (χ1v) is 5.15. The van der Waals surface area contributed by atoms with E-state index in [1.165, 1.54) is 32.1 Å². The van der Waals surface area contributed by atoms with Gasteiger partial charge in [-0.05, 0) is 31.6 Å². The zero-order chi connectivity index (χ0) is 8.39. The molecular formula is C10H17NO. The van der Waals surface area contributed by atoms with Gasteiger partial charge in [-0.1, -0.05) is 12.8 Å². The van der Waals surface area contributed by atoms with Crippen LogP contribution in [0, 0.1) is 5.92 Å². The Kier molecular flexibility index (Phi) is 2.33. The lowest BCUT2D eigenvalue weighted by Crippen LogP contribution is -2.42. The number of hydrogen-bond donors (Lipinski definition) is 1. The average Bonchev–Trinajstić information content (AvgIpc) is 2.56. The Morgan fingerprint density at radius 2 is 1.83 bits per heavy atom. The van der Waals surface area contributed by atoms with Crippen LogP contribution in [0.25, 0.3) is 0 Å². The molecule has 1 aliphatic carbocycles. The second-order valence-corrected chi connectivity index (χ2v) is 4.11. The summed E-state index contributed by atoms with van der Waals surface area (Å²) in [7, 11) is 0. The van der Waals surface area contributed by atoms with E-state index >= 15 is 0 Å². The van der Waals surface area contributed by atoms with Crippen LogP contribution < -0.4 is 5.32 Å². The highest BCUT2D eigenvalue weighted by Crippen LogP contribution is 2.30. The van der Waals surface area contributed by atoms with Crippen molar-refractivity contribution in [3.63, 3.8) is 0 Å². The molecule has 2 heteroatoms. The van der Waals surface area contributed by atoms with E-state index in [0.29, 0.717) is 6.04 Å². The molecule has 1 aliphatic heterocycles. The summed E-state index contributed by atoms with van der Waals surface area (Å²) >= 11 is 0. The van der Waals surface area contributed by atoms with E-state index < -0.39 is 0 Å². The highest BCUT2D eigenvalue weighted by Gasteiger charge is 2.28. The summed E-state index contributed by atoms with van der Waals surface area (Å²) in [5.74, 6) is 1.08. The van der Waals surface area contributed by atoms with Crippen LogP contribution in [0.2, 0.25) is 0 Å². The number of rotatable bonds is 1. The lowest BCUT2D eigenvalue weighted by Gasteiger charge is -2.28. The minimum Gasteiger partial charge on any atom is -0.353 e. The third kappa shape index (κ3) is 1.62. The van der Waals surface area contributed by atoms with Gasteiger partial charge in [0.15, 0.2) is 0 Å². The number of amides is 1. The van der Waals surface area contributed by atoms with Gasteiger partial charge in [0.25, 0.3) is 0 Å². The molecule has 2 nitrogen and oxygen atoms in total. The van der Waals surface area contributed by atoms with Gasteiger partial charge in [-0.25, -0.2) is 0 Å². The summed E-state index contributed by atoms with van der Waals surface area (Å²) in [5.41, 5.74) is 0. The maximum atomic E-state index is 11.1. The maximum absolute atomic E-state index is 11.1. The summed E-state index contributed by atoms with van der Waals surface area (Å²) in [6.07, 6.45) is 8.50. The molecule has 1 atom stereocenters. The Morgan fingerprint density at radius 3 is 2.50 bits per heavy atom. The predicted octanol–water partition coefficient (Wildman–Crippen LogP) is 1.85. The van der Waals surface area contributed by atoms with Gasteiger partial charge in [0, 0.05) is 12.5 Å². The Balaban J connectivity index is 1.89. The van der Waals surface area contributed by atoms with Crippen LogP contribution in [0.15, 0.2) is 0 Å². The quantitative estimate of drug-likeness (QED) is 0.634. The topological polar surface area (TPSA) is 29.1 Å². The van der Waals surface area contributed by atoms with Gasteiger partial charge in [-0.2, -0.15) is 0 Å². The second kappa shape index (κ2) is 3.46. The van der Waals surface area contributed by atoms with Crippen LogP contribution >= 0.6 is 0 Å². The van der Waals surface area contributed by atoms with Crippen LogP contribution in [0.4, 0.5) is 0 Å². The summed E-state index contributed by atoms with van der Waals surface area (Å²) in [6.45, 7) is 0. The fourth-order valence-corrected chi connectivity index (χ4v) is 2.55. The van der Waals surface area contributed by atoms with Crippen molar-refractivity contribution in [3.05, 3.63) is 0 Å². The minimum atomic E-state index is 0.276. The summed E-state index contributed by atoms with van der Waals surface area (Å²) in [6, 6.07) is 0.522. The van der Waals surface area contributed by atoms with Gasteiger partial charge in [0.1, 0.15) is 0 Å². The Hall–Kier alpha value is -0.530. The predicted molar refractivity (Wildman–Crippen MR) is 47.7 cm³/mol. The number of piperidine rings is 1. The molecule has 2 rings (SSSR count). The second-order valence-electron chi connectivity index (χ2n) is 4.11. The summed E-state index contributed by atoms with van der Waals surface area (Å²) in [5, 5.41) is 3.12. The van der Waals surface area contributed by atoms with Crippen molar-refractivity contribution in [2.45, 2.75) is 51.0 Å². The average molecular weight is 167 g/mol. The summed E-state index contributed by atoms with van der Waals surface area (Å²) in [4.78, 5) is 11.1. The van der Waals surface area contributed by atoms with Crippen molar-refractivity contribution in [2.24, 2.45) is 5.92 Å². The van der Waals surface area contributed by atoms with Crippen LogP contribution in [0.1, 0.15) is 44.9 Å². The zero-order valence-electron chi connectivity index (χ0n) is 7.51. The lowest BCUT2D eigenvalue weighted by molar-refractivity contribution is -0.123. The van der Waals surface area contributed by atoms with Crippen LogP contribution in [-0.4, -0.2) is 11.9 Å². The number of carbonyl (C=O) groups is 1. The molecule has 0 aromatic heterocycles. The first-order chi connectivity index (χ1) is 5.86. The molecule has 2 aliphatic rings. The third-order valence-electron chi connectivity index (χ3n) is 3.23. The van der Waals surface area contributed by atoms with E-state index in [-0.39, 0.29) is 5.91 Å². The molecule has 0 aromatic carbocycles. The molecule has 0 spiro atoms. The van der Waals surface area contributed by atoms with Crippen LogP contribution in [-0.2, 0) is 4.79 Å². The first-order valence-electron chi connectivity index (χ1n) is 5.15. The Bertz CT molecular complexity index is 173. The monoisotopic (exact) mass is 167 g/mol. The molecule has 0 bridgehead atoms. The fraction of sp³-hybridized carbons (Fsp3) is 0.900. The SMILES string of the molecule is O=C1CCC[C@@H](C2CCCC2)N1. The van der Waals surface area contributed by atoms with Crippen molar-refractivity contribution < 1.29 is 4.79 Å². The molecule has 1 amide bonds. The van der Waals surface area contributed by atoms with Crippen molar-refractivity contribution in [3.8, 4) is 0 Å². The molecule has 0 aromatic rings. The van der Waals surface area contributed by atoms with E-state index in [1.807, 2.05) is 0 Å². The minimum absolute atomic E-state index is 0.276. The fourth-order valence-electron chi connectivity index (χ4n) is 2.55. The molecule has 2 fully saturated rings. The van der Waals surface area contributed by atoms with E-state index in [0.717, 1.165) is 18.8 Å². The molecule has 1 N–H and O–H groups in total. The molecule has 68 valence electrons. The van der Waals surface area contributed by atoms with Crippen molar-refractivity contribution in [1.29, 1.82) is 0 Å². The van der Waals surface area contributed by atoms with Crippen molar-refractivity contribution >= 4 is 5.91 Å². The first kappa shape index (κ1) is 8.09. The van der Waals surface area contributed by atoms with Gasteiger partial charge in [-0.15, -0.1) is 0 Å². The number of hydrogen-bond acceptors (Lipinski definition) is 1. The van der Waals surface area contributed by atoms with E-state index in [2.05, 4.69) is 5.32 Å². The standard InChI is InChI=1S/C10H17NO/c12-10-7-3-6-9(11-10)8-4-1-2-5-8/h8-9H,1-7H2,(H,11,12)/t9-/m0/s1. The highest BCUT2D eigenvalue weighted by molar-refractivity contribution is 5.76. The third-order valence-corrected chi connectivity index (χ3v) is 3.23. The molecule has 0 unspecified atom stereocenters. The number of nitrogens with one attached hydrogen (secondary N) is 1.